The first-order valence-electron chi connectivity index (χ1n) is 10.1. The number of unbranched alkanes of at least 4 members (excludes halogenated alkanes) is 1. The second-order valence-electron chi connectivity index (χ2n) is 7.45. The highest BCUT2D eigenvalue weighted by Gasteiger charge is 2.43. The highest BCUT2D eigenvalue weighted by Crippen LogP contribution is 2.49. The zero-order valence-electron chi connectivity index (χ0n) is 16.6. The van der Waals surface area contributed by atoms with Crippen LogP contribution in [0.1, 0.15) is 43.4 Å². The summed E-state index contributed by atoms with van der Waals surface area (Å²) in [5, 5.41) is 0. The second-order valence-corrected chi connectivity index (χ2v) is 7.45. The topological polar surface area (TPSA) is 9.23 Å². The van der Waals surface area contributed by atoms with Crippen LogP contribution in [0.15, 0.2) is 54.6 Å². The molecule has 1 heterocycles. The molecule has 4 rings (SSSR count). The molecule has 0 amide bonds. The molecule has 0 aliphatic carbocycles. The molecule has 0 unspecified atom stereocenters. The van der Waals surface area contributed by atoms with Crippen LogP contribution in [0.5, 0.6) is 5.75 Å². The Morgan fingerprint density at radius 1 is 0.862 bits per heavy atom. The Morgan fingerprint density at radius 2 is 1.55 bits per heavy atom. The van der Waals surface area contributed by atoms with Crippen LogP contribution in [0.4, 0.5) is 13.2 Å². The van der Waals surface area contributed by atoms with E-state index in [4.69, 9.17) is 4.74 Å². The lowest BCUT2D eigenvalue weighted by molar-refractivity contribution is -0.188. The van der Waals surface area contributed by atoms with E-state index >= 15 is 0 Å². The summed E-state index contributed by atoms with van der Waals surface area (Å²) in [6, 6.07) is 16.1. The van der Waals surface area contributed by atoms with Crippen LogP contribution in [0.25, 0.3) is 22.3 Å². The first-order valence-corrected chi connectivity index (χ1v) is 10.1. The quantitative estimate of drug-likeness (QED) is 0.434. The Hall–Kier alpha value is -2.75. The molecular formula is C25H23F3O. The number of ether oxygens (including phenoxy) is 1. The standard InChI is InChI=1S/C25H23F3O/c1-3-5-6-18-11-14-21-20-13-12-19(17-9-7-16(4-2)8-10-17)15-22(20)25(27,28)29-24(21)23(18)26/h7-15H,3-6H2,1-2H3. The van der Waals surface area contributed by atoms with E-state index in [2.05, 4.69) is 6.92 Å². The van der Waals surface area contributed by atoms with Gasteiger partial charge in [0, 0.05) is 5.56 Å². The molecule has 0 saturated heterocycles. The average molecular weight is 396 g/mol. The normalized spacial score (nSPS) is 14.1. The van der Waals surface area contributed by atoms with Crippen LogP contribution >= 0.6 is 0 Å². The Morgan fingerprint density at radius 3 is 2.24 bits per heavy atom. The summed E-state index contributed by atoms with van der Waals surface area (Å²) in [5.74, 6) is -1.03. The average Bonchev–Trinajstić information content (AvgIpc) is 2.73. The SMILES string of the molecule is CCCCc1ccc2c(c1F)OC(F)(F)c1cc(-c3ccc(CC)cc3)ccc1-2. The highest BCUT2D eigenvalue weighted by molar-refractivity contribution is 5.80. The van der Waals surface area contributed by atoms with Gasteiger partial charge < -0.3 is 4.74 Å². The zero-order chi connectivity index (χ0) is 20.6. The predicted octanol–water partition coefficient (Wildman–Crippen LogP) is 7.51. The Balaban J connectivity index is 1.79. The van der Waals surface area contributed by atoms with E-state index in [-0.39, 0.29) is 11.3 Å². The molecule has 150 valence electrons. The van der Waals surface area contributed by atoms with Gasteiger partial charge >= 0.3 is 6.11 Å². The van der Waals surface area contributed by atoms with Crippen molar-refractivity contribution < 1.29 is 17.9 Å². The van der Waals surface area contributed by atoms with Crippen LogP contribution in [0.2, 0.25) is 0 Å². The van der Waals surface area contributed by atoms with Gasteiger partial charge in [0.05, 0.1) is 5.56 Å². The van der Waals surface area contributed by atoms with Crippen molar-refractivity contribution in [2.45, 2.75) is 45.6 Å². The molecule has 0 aromatic heterocycles. The van der Waals surface area contributed by atoms with Gasteiger partial charge in [-0.1, -0.05) is 68.8 Å². The summed E-state index contributed by atoms with van der Waals surface area (Å²) in [5.41, 5.74) is 3.58. The molecule has 29 heavy (non-hydrogen) atoms. The summed E-state index contributed by atoms with van der Waals surface area (Å²) < 4.78 is 49.5. The molecule has 1 aliphatic heterocycles. The second kappa shape index (κ2) is 7.58. The van der Waals surface area contributed by atoms with Gasteiger partial charge in [-0.2, -0.15) is 8.78 Å². The van der Waals surface area contributed by atoms with Crippen LogP contribution in [0, 0.1) is 5.82 Å². The molecule has 3 aromatic rings. The third-order valence-electron chi connectivity index (χ3n) is 5.53. The summed E-state index contributed by atoms with van der Waals surface area (Å²) in [6.45, 7) is 4.07. The molecule has 0 fully saturated rings. The van der Waals surface area contributed by atoms with E-state index in [1.807, 2.05) is 31.2 Å². The number of aryl methyl sites for hydroxylation is 2. The van der Waals surface area contributed by atoms with Crippen molar-refractivity contribution in [3.63, 3.8) is 0 Å². The van der Waals surface area contributed by atoms with E-state index in [1.165, 1.54) is 11.6 Å². The molecule has 3 aromatic carbocycles. The molecule has 0 atom stereocenters. The maximum atomic E-state index is 14.9. The minimum absolute atomic E-state index is 0.234. The third-order valence-corrected chi connectivity index (χ3v) is 5.53. The maximum absolute atomic E-state index is 14.9. The molecule has 0 saturated carbocycles. The summed E-state index contributed by atoms with van der Waals surface area (Å²) in [4.78, 5) is 0. The molecule has 1 aliphatic rings. The first kappa shape index (κ1) is 19.6. The van der Waals surface area contributed by atoms with Crippen LogP contribution in [-0.2, 0) is 19.0 Å². The van der Waals surface area contributed by atoms with Gasteiger partial charge in [-0.05, 0) is 53.1 Å². The minimum atomic E-state index is -3.59. The van der Waals surface area contributed by atoms with Crippen molar-refractivity contribution in [2.24, 2.45) is 0 Å². The number of hydrogen-bond acceptors (Lipinski definition) is 1. The van der Waals surface area contributed by atoms with Gasteiger partial charge in [0.25, 0.3) is 0 Å². The molecule has 0 bridgehead atoms. The lowest BCUT2D eigenvalue weighted by atomic mass is 9.90. The number of alkyl halides is 2. The van der Waals surface area contributed by atoms with Crippen molar-refractivity contribution in [3.8, 4) is 28.0 Å². The van der Waals surface area contributed by atoms with Gasteiger partial charge in [0.15, 0.2) is 11.6 Å². The van der Waals surface area contributed by atoms with Gasteiger partial charge in [-0.3, -0.25) is 0 Å². The Labute approximate surface area is 169 Å². The molecule has 1 nitrogen and oxygen atoms in total. The number of halogens is 3. The largest absolute Gasteiger partial charge is 0.427 e. The fourth-order valence-electron chi connectivity index (χ4n) is 3.78. The van der Waals surface area contributed by atoms with Crippen molar-refractivity contribution in [1.82, 2.24) is 0 Å². The molecule has 4 heteroatoms. The highest BCUT2D eigenvalue weighted by atomic mass is 19.3. The minimum Gasteiger partial charge on any atom is -0.425 e. The number of rotatable bonds is 5. The third kappa shape index (κ3) is 3.52. The van der Waals surface area contributed by atoms with Gasteiger partial charge in [0.1, 0.15) is 0 Å². The van der Waals surface area contributed by atoms with Crippen LogP contribution in [-0.4, -0.2) is 0 Å². The van der Waals surface area contributed by atoms with E-state index in [0.717, 1.165) is 24.8 Å². The van der Waals surface area contributed by atoms with E-state index in [1.54, 1.807) is 24.3 Å². The fraction of sp³-hybridized carbons (Fsp3) is 0.280. The summed E-state index contributed by atoms with van der Waals surface area (Å²) >= 11 is 0. The van der Waals surface area contributed by atoms with Crippen LogP contribution < -0.4 is 4.74 Å². The molecule has 0 spiro atoms. The first-order chi connectivity index (χ1) is 13.9. The van der Waals surface area contributed by atoms with E-state index < -0.39 is 11.9 Å². The van der Waals surface area contributed by atoms with Gasteiger partial charge in [0.2, 0.25) is 0 Å². The monoisotopic (exact) mass is 396 g/mol. The van der Waals surface area contributed by atoms with Gasteiger partial charge in [-0.15, -0.1) is 0 Å². The zero-order valence-corrected chi connectivity index (χ0v) is 16.6. The molecule has 0 N–H and O–H groups in total. The van der Waals surface area contributed by atoms with Crippen molar-refractivity contribution in [3.05, 3.63) is 77.1 Å². The van der Waals surface area contributed by atoms with Crippen molar-refractivity contribution in [2.75, 3.05) is 0 Å². The lowest BCUT2D eigenvalue weighted by Crippen LogP contribution is -2.27. The number of fused-ring (bicyclic) bond motifs is 3. The van der Waals surface area contributed by atoms with Crippen molar-refractivity contribution in [1.29, 1.82) is 0 Å². The van der Waals surface area contributed by atoms with Crippen molar-refractivity contribution >= 4 is 0 Å². The predicted molar refractivity (Wildman–Crippen MR) is 110 cm³/mol. The summed E-state index contributed by atoms with van der Waals surface area (Å²) in [6.07, 6.45) is -0.476. The smallest absolute Gasteiger partial charge is 0.425 e. The lowest BCUT2D eigenvalue weighted by Gasteiger charge is -2.29. The van der Waals surface area contributed by atoms with Gasteiger partial charge in [-0.25, -0.2) is 4.39 Å². The fourth-order valence-corrected chi connectivity index (χ4v) is 3.78. The van der Waals surface area contributed by atoms with E-state index in [0.29, 0.717) is 28.7 Å². The van der Waals surface area contributed by atoms with Crippen LogP contribution in [0.3, 0.4) is 0 Å². The summed E-state index contributed by atoms with van der Waals surface area (Å²) in [7, 11) is 0. The Kier molecular flexibility index (Phi) is 5.12. The Bertz CT molecular complexity index is 1040. The number of hydrogen-bond donors (Lipinski definition) is 0. The van der Waals surface area contributed by atoms with E-state index in [9.17, 15) is 13.2 Å². The number of benzene rings is 3. The molecule has 0 radical (unpaired) electrons. The maximum Gasteiger partial charge on any atom is 0.427 e. The molecular weight excluding hydrogens is 373 g/mol.